The van der Waals surface area contributed by atoms with E-state index < -0.39 is 11.5 Å². The number of hydrogen-bond acceptors (Lipinski definition) is 4. The van der Waals surface area contributed by atoms with E-state index in [1.54, 1.807) is 14.0 Å². The summed E-state index contributed by atoms with van der Waals surface area (Å²) in [5, 5.41) is 10.2. The second-order valence-electron chi connectivity index (χ2n) is 8.41. The molecule has 4 rings (SSSR count). The summed E-state index contributed by atoms with van der Waals surface area (Å²) in [6, 6.07) is 22.8. The molecule has 6 heteroatoms. The van der Waals surface area contributed by atoms with Crippen LogP contribution in [0.25, 0.3) is 0 Å². The van der Waals surface area contributed by atoms with Crippen molar-refractivity contribution in [1.82, 2.24) is 4.90 Å². The molecule has 3 aromatic rings. The standard InChI is InChI=1S/C27H27NO5/c1-27(26(30)31)16-22-21(17-28(27)24(29)15-19-9-5-3-6-10-19)13-14-23(32-2)25(22)33-18-20-11-7-4-8-12-20/h3-14H,15-18H2,1-2H3,(H,30,31)/t27-/m0/s1. The average Bonchev–Trinajstić information content (AvgIpc) is 2.83. The summed E-state index contributed by atoms with van der Waals surface area (Å²) in [6.45, 7) is 2.12. The Balaban J connectivity index is 1.68. The lowest BCUT2D eigenvalue weighted by molar-refractivity contribution is -0.159. The molecule has 0 aromatic heterocycles. The molecule has 170 valence electrons. The molecule has 0 unspecified atom stereocenters. The minimum atomic E-state index is -1.41. The second-order valence-corrected chi connectivity index (χ2v) is 8.41. The Morgan fingerprint density at radius 2 is 1.61 bits per heavy atom. The fraction of sp³-hybridized carbons (Fsp3) is 0.259. The Morgan fingerprint density at radius 1 is 0.970 bits per heavy atom. The molecule has 0 fully saturated rings. The number of carboxylic acids is 1. The van der Waals surface area contributed by atoms with Gasteiger partial charge in [0, 0.05) is 18.5 Å². The van der Waals surface area contributed by atoms with E-state index in [-0.39, 0.29) is 25.3 Å². The van der Waals surface area contributed by atoms with Crippen molar-refractivity contribution in [3.8, 4) is 11.5 Å². The molecule has 1 aliphatic heterocycles. The molecular formula is C27H27NO5. The Labute approximate surface area is 193 Å². The van der Waals surface area contributed by atoms with Gasteiger partial charge in [-0.25, -0.2) is 4.79 Å². The van der Waals surface area contributed by atoms with Crippen molar-refractivity contribution in [2.24, 2.45) is 0 Å². The van der Waals surface area contributed by atoms with Crippen LogP contribution in [0, 0.1) is 0 Å². The minimum absolute atomic E-state index is 0.125. The van der Waals surface area contributed by atoms with E-state index in [4.69, 9.17) is 9.47 Å². The van der Waals surface area contributed by atoms with Crippen LogP contribution in [0.1, 0.15) is 29.2 Å². The molecule has 1 amide bonds. The van der Waals surface area contributed by atoms with Gasteiger partial charge < -0.3 is 19.5 Å². The molecule has 0 saturated carbocycles. The average molecular weight is 446 g/mol. The van der Waals surface area contributed by atoms with Gasteiger partial charge in [0.25, 0.3) is 0 Å². The normalized spacial score (nSPS) is 17.2. The van der Waals surface area contributed by atoms with Crippen molar-refractivity contribution in [2.45, 2.75) is 38.5 Å². The number of rotatable bonds is 7. The highest BCUT2D eigenvalue weighted by atomic mass is 16.5. The Kier molecular flexibility index (Phi) is 6.36. The van der Waals surface area contributed by atoms with Gasteiger partial charge in [0.1, 0.15) is 12.1 Å². The van der Waals surface area contributed by atoms with Crippen LogP contribution in [0.2, 0.25) is 0 Å². The third-order valence-electron chi connectivity index (χ3n) is 6.17. The molecule has 1 aliphatic rings. The number of carbonyl (C=O) groups is 2. The predicted molar refractivity (Wildman–Crippen MR) is 124 cm³/mol. The number of amides is 1. The summed E-state index contributed by atoms with van der Waals surface area (Å²) in [5.74, 6) is -0.200. The summed E-state index contributed by atoms with van der Waals surface area (Å²) < 4.78 is 11.7. The Bertz CT molecular complexity index is 1150. The molecule has 0 saturated heterocycles. The van der Waals surface area contributed by atoms with Gasteiger partial charge in [-0.1, -0.05) is 66.7 Å². The third kappa shape index (κ3) is 4.55. The van der Waals surface area contributed by atoms with Crippen LogP contribution in [0.15, 0.2) is 72.8 Å². The van der Waals surface area contributed by atoms with Gasteiger partial charge in [-0.15, -0.1) is 0 Å². The predicted octanol–water partition coefficient (Wildman–Crippen LogP) is 4.24. The molecular weight excluding hydrogens is 418 g/mol. The van der Waals surface area contributed by atoms with E-state index in [9.17, 15) is 14.7 Å². The van der Waals surface area contributed by atoms with Gasteiger partial charge >= 0.3 is 5.97 Å². The van der Waals surface area contributed by atoms with Crippen LogP contribution in [-0.2, 0) is 35.6 Å². The van der Waals surface area contributed by atoms with E-state index in [0.29, 0.717) is 18.1 Å². The quantitative estimate of drug-likeness (QED) is 0.589. The Hall–Kier alpha value is -3.80. The van der Waals surface area contributed by atoms with Crippen molar-refractivity contribution >= 4 is 11.9 Å². The number of benzene rings is 3. The first kappa shape index (κ1) is 22.4. The fourth-order valence-corrected chi connectivity index (χ4v) is 4.24. The first-order chi connectivity index (χ1) is 15.9. The van der Waals surface area contributed by atoms with Gasteiger partial charge in [0.15, 0.2) is 11.5 Å². The van der Waals surface area contributed by atoms with Gasteiger partial charge in [-0.3, -0.25) is 4.79 Å². The maximum Gasteiger partial charge on any atom is 0.329 e. The van der Waals surface area contributed by atoms with Gasteiger partial charge in [0.05, 0.1) is 13.5 Å². The zero-order valence-corrected chi connectivity index (χ0v) is 18.8. The van der Waals surface area contributed by atoms with E-state index in [1.165, 1.54) is 4.90 Å². The summed E-state index contributed by atoms with van der Waals surface area (Å²) in [4.78, 5) is 27.1. The third-order valence-corrected chi connectivity index (χ3v) is 6.17. The fourth-order valence-electron chi connectivity index (χ4n) is 4.24. The van der Waals surface area contributed by atoms with Crippen molar-refractivity contribution in [3.63, 3.8) is 0 Å². The molecule has 33 heavy (non-hydrogen) atoms. The van der Waals surface area contributed by atoms with Crippen molar-refractivity contribution in [2.75, 3.05) is 7.11 Å². The van der Waals surface area contributed by atoms with Crippen LogP contribution in [0.4, 0.5) is 0 Å². The van der Waals surface area contributed by atoms with Gasteiger partial charge in [0.2, 0.25) is 5.91 Å². The highest BCUT2D eigenvalue weighted by molar-refractivity contribution is 5.89. The molecule has 1 heterocycles. The SMILES string of the molecule is COc1ccc2c(c1OCc1ccccc1)C[C@@](C)(C(=O)O)N(C(=O)Cc1ccccc1)C2. The number of methoxy groups -OCH3 is 1. The lowest BCUT2D eigenvalue weighted by Gasteiger charge is -2.43. The maximum absolute atomic E-state index is 13.2. The first-order valence-corrected chi connectivity index (χ1v) is 10.9. The molecule has 0 bridgehead atoms. The molecule has 1 N–H and O–H groups in total. The molecule has 3 aromatic carbocycles. The zero-order chi connectivity index (χ0) is 23.4. The van der Waals surface area contributed by atoms with E-state index in [2.05, 4.69) is 0 Å². The lowest BCUT2D eigenvalue weighted by atomic mass is 9.83. The van der Waals surface area contributed by atoms with Gasteiger partial charge in [-0.05, 0) is 29.7 Å². The molecule has 0 aliphatic carbocycles. The monoisotopic (exact) mass is 445 g/mol. The number of hydrogen-bond donors (Lipinski definition) is 1. The van der Waals surface area contributed by atoms with E-state index >= 15 is 0 Å². The number of ether oxygens (including phenoxy) is 2. The highest BCUT2D eigenvalue weighted by Gasteiger charge is 2.47. The minimum Gasteiger partial charge on any atom is -0.493 e. The summed E-state index contributed by atoms with van der Waals surface area (Å²) in [6.07, 6.45) is 0.270. The number of carbonyl (C=O) groups excluding carboxylic acids is 1. The maximum atomic E-state index is 13.2. The van der Waals surface area contributed by atoms with Crippen molar-refractivity contribution in [3.05, 3.63) is 95.1 Å². The van der Waals surface area contributed by atoms with E-state index in [1.807, 2.05) is 72.8 Å². The van der Waals surface area contributed by atoms with E-state index in [0.717, 1.165) is 22.3 Å². The second kappa shape index (κ2) is 9.36. The largest absolute Gasteiger partial charge is 0.493 e. The Morgan fingerprint density at radius 3 is 2.21 bits per heavy atom. The van der Waals surface area contributed by atoms with Crippen LogP contribution >= 0.6 is 0 Å². The molecule has 1 atom stereocenters. The summed E-state index contributed by atoms with van der Waals surface area (Å²) in [5.41, 5.74) is 2.06. The first-order valence-electron chi connectivity index (χ1n) is 10.9. The zero-order valence-electron chi connectivity index (χ0n) is 18.8. The smallest absolute Gasteiger partial charge is 0.329 e. The number of aliphatic carboxylic acids is 1. The van der Waals surface area contributed by atoms with Crippen molar-refractivity contribution in [1.29, 1.82) is 0 Å². The lowest BCUT2D eigenvalue weighted by Crippen LogP contribution is -2.58. The number of carboxylic acid groups (broad SMARTS) is 1. The topological polar surface area (TPSA) is 76.1 Å². The van der Waals surface area contributed by atoms with Crippen LogP contribution < -0.4 is 9.47 Å². The highest BCUT2D eigenvalue weighted by Crippen LogP contribution is 2.42. The molecule has 0 radical (unpaired) electrons. The van der Waals surface area contributed by atoms with Crippen LogP contribution in [0.5, 0.6) is 11.5 Å². The summed E-state index contributed by atoms with van der Waals surface area (Å²) in [7, 11) is 1.56. The number of nitrogens with zero attached hydrogens (tertiary/aromatic N) is 1. The van der Waals surface area contributed by atoms with Crippen molar-refractivity contribution < 1.29 is 24.2 Å². The number of fused-ring (bicyclic) bond motifs is 1. The van der Waals surface area contributed by atoms with Crippen LogP contribution in [0.3, 0.4) is 0 Å². The van der Waals surface area contributed by atoms with Crippen LogP contribution in [-0.4, -0.2) is 34.5 Å². The molecule has 6 nitrogen and oxygen atoms in total. The van der Waals surface area contributed by atoms with Gasteiger partial charge in [-0.2, -0.15) is 0 Å². The summed E-state index contributed by atoms with van der Waals surface area (Å²) >= 11 is 0. The molecule has 0 spiro atoms.